The largest absolute Gasteiger partial charge is 0.478 e. The fourth-order valence-electron chi connectivity index (χ4n) is 2.64. The number of hydrogen-bond acceptors (Lipinski definition) is 4. The zero-order valence-corrected chi connectivity index (χ0v) is 13.6. The second-order valence-corrected chi connectivity index (χ2v) is 5.64. The summed E-state index contributed by atoms with van der Waals surface area (Å²) in [4.78, 5) is 16.8. The van der Waals surface area contributed by atoms with Gasteiger partial charge in [-0.1, -0.05) is 18.2 Å². The smallest absolute Gasteiger partial charge is 0.274 e. The Morgan fingerprint density at radius 3 is 2.52 bits per heavy atom. The predicted octanol–water partition coefficient (Wildman–Crippen LogP) is 1.66. The molecule has 0 N–H and O–H groups in total. The molecular weight excluding hydrogens is 292 g/mol. The molecule has 0 radical (unpaired) electrons. The summed E-state index contributed by atoms with van der Waals surface area (Å²) < 4.78 is 7.34. The normalized spacial score (nSPS) is 15.7. The summed E-state index contributed by atoms with van der Waals surface area (Å²) in [5, 5.41) is 4.48. The molecule has 1 aromatic heterocycles. The van der Waals surface area contributed by atoms with Gasteiger partial charge in [0.05, 0.1) is 12.3 Å². The number of amides is 1. The van der Waals surface area contributed by atoms with E-state index in [0.717, 1.165) is 31.9 Å². The number of benzene rings is 1. The van der Waals surface area contributed by atoms with Crippen molar-refractivity contribution in [2.24, 2.45) is 0 Å². The molecule has 1 aromatic carbocycles. The number of para-hydroxylation sites is 1. The lowest BCUT2D eigenvalue weighted by Gasteiger charge is -2.31. The number of hydrogen-bond donors (Lipinski definition) is 0. The van der Waals surface area contributed by atoms with Crippen LogP contribution >= 0.6 is 0 Å². The maximum atomic E-state index is 12.7. The highest BCUT2D eigenvalue weighted by molar-refractivity contribution is 5.92. The maximum absolute atomic E-state index is 12.7. The van der Waals surface area contributed by atoms with Crippen molar-refractivity contribution in [1.82, 2.24) is 19.6 Å². The highest BCUT2D eigenvalue weighted by atomic mass is 16.5. The van der Waals surface area contributed by atoms with Gasteiger partial charge in [-0.15, -0.1) is 0 Å². The lowest BCUT2D eigenvalue weighted by molar-refractivity contribution is 0.0657. The fraction of sp³-hybridized carbons (Fsp3) is 0.412. The first-order chi connectivity index (χ1) is 11.2. The van der Waals surface area contributed by atoms with Gasteiger partial charge in [0.15, 0.2) is 5.69 Å². The van der Waals surface area contributed by atoms with Crippen LogP contribution in [0.5, 0.6) is 5.88 Å². The van der Waals surface area contributed by atoms with Crippen molar-refractivity contribution in [3.05, 3.63) is 42.1 Å². The van der Waals surface area contributed by atoms with Crippen LogP contribution in [-0.2, 0) is 0 Å². The standard InChI is InChI=1S/C17H22N4O2/c1-3-23-16-13-15(17(22)20-11-9-19(2)10-12-20)18-21(16)14-7-5-4-6-8-14/h4-8,13H,3,9-12H2,1-2H3. The molecule has 6 heteroatoms. The number of carbonyl (C=O) groups excluding carboxylic acids is 1. The van der Waals surface area contributed by atoms with Crippen LogP contribution in [0.4, 0.5) is 0 Å². The summed E-state index contributed by atoms with van der Waals surface area (Å²) in [6, 6.07) is 11.4. The third-order valence-corrected chi connectivity index (χ3v) is 3.98. The fourth-order valence-corrected chi connectivity index (χ4v) is 2.64. The van der Waals surface area contributed by atoms with Crippen molar-refractivity contribution in [2.45, 2.75) is 6.92 Å². The molecule has 0 aliphatic carbocycles. The van der Waals surface area contributed by atoms with E-state index in [4.69, 9.17) is 4.74 Å². The Labute approximate surface area is 136 Å². The minimum atomic E-state index is -0.0336. The second kappa shape index (κ2) is 6.83. The Morgan fingerprint density at radius 2 is 1.87 bits per heavy atom. The molecule has 6 nitrogen and oxygen atoms in total. The first-order valence-electron chi connectivity index (χ1n) is 7.95. The molecular formula is C17H22N4O2. The molecule has 1 amide bonds. The lowest BCUT2D eigenvalue weighted by atomic mass is 10.3. The van der Waals surface area contributed by atoms with Crippen LogP contribution in [0.2, 0.25) is 0 Å². The minimum Gasteiger partial charge on any atom is -0.478 e. The van der Waals surface area contributed by atoms with Crippen LogP contribution in [0, 0.1) is 0 Å². The lowest BCUT2D eigenvalue weighted by Crippen LogP contribution is -2.47. The summed E-state index contributed by atoms with van der Waals surface area (Å²) in [7, 11) is 2.07. The molecule has 1 fully saturated rings. The number of ether oxygens (including phenoxy) is 1. The summed E-state index contributed by atoms with van der Waals surface area (Å²) in [5.41, 5.74) is 1.32. The SMILES string of the molecule is CCOc1cc(C(=O)N2CCN(C)CC2)nn1-c1ccccc1. The van der Waals surface area contributed by atoms with Crippen LogP contribution < -0.4 is 4.74 Å². The predicted molar refractivity (Wildman–Crippen MR) is 88.1 cm³/mol. The minimum absolute atomic E-state index is 0.0336. The van der Waals surface area contributed by atoms with Crippen molar-refractivity contribution in [3.8, 4) is 11.6 Å². The van der Waals surface area contributed by atoms with E-state index in [-0.39, 0.29) is 5.91 Å². The van der Waals surface area contributed by atoms with Crippen LogP contribution in [0.25, 0.3) is 5.69 Å². The van der Waals surface area contributed by atoms with Crippen LogP contribution in [0.3, 0.4) is 0 Å². The Bertz CT molecular complexity index is 660. The van der Waals surface area contributed by atoms with Crippen molar-refractivity contribution in [1.29, 1.82) is 0 Å². The van der Waals surface area contributed by atoms with Crippen molar-refractivity contribution < 1.29 is 9.53 Å². The zero-order valence-electron chi connectivity index (χ0n) is 13.6. The molecule has 1 aliphatic rings. The molecule has 0 atom stereocenters. The molecule has 2 heterocycles. The van der Waals surface area contributed by atoms with Crippen molar-refractivity contribution in [3.63, 3.8) is 0 Å². The summed E-state index contributed by atoms with van der Waals surface area (Å²) in [6.45, 7) is 5.70. The summed E-state index contributed by atoms with van der Waals surface area (Å²) in [6.07, 6.45) is 0. The van der Waals surface area contributed by atoms with Gasteiger partial charge in [-0.05, 0) is 26.1 Å². The van der Waals surface area contributed by atoms with Gasteiger partial charge in [0.1, 0.15) is 0 Å². The van der Waals surface area contributed by atoms with E-state index in [0.29, 0.717) is 18.2 Å². The quantitative estimate of drug-likeness (QED) is 0.861. The number of carbonyl (C=O) groups is 1. The molecule has 0 spiro atoms. The van der Waals surface area contributed by atoms with Gasteiger partial charge in [-0.3, -0.25) is 4.79 Å². The van der Waals surface area contributed by atoms with Gasteiger partial charge in [0.25, 0.3) is 5.91 Å². The molecule has 23 heavy (non-hydrogen) atoms. The van der Waals surface area contributed by atoms with Gasteiger partial charge in [0.2, 0.25) is 5.88 Å². The highest BCUT2D eigenvalue weighted by Crippen LogP contribution is 2.20. The third-order valence-electron chi connectivity index (χ3n) is 3.98. The van der Waals surface area contributed by atoms with Crippen LogP contribution in [-0.4, -0.2) is 65.3 Å². The van der Waals surface area contributed by atoms with Crippen LogP contribution in [0.15, 0.2) is 36.4 Å². The number of aromatic nitrogens is 2. The molecule has 0 bridgehead atoms. The Kier molecular flexibility index (Phi) is 4.62. The average Bonchev–Trinajstić information content (AvgIpc) is 3.00. The maximum Gasteiger partial charge on any atom is 0.274 e. The third kappa shape index (κ3) is 3.37. The molecule has 3 rings (SSSR count). The van der Waals surface area contributed by atoms with Crippen LogP contribution in [0.1, 0.15) is 17.4 Å². The molecule has 0 unspecified atom stereocenters. The van der Waals surface area contributed by atoms with Crippen molar-refractivity contribution in [2.75, 3.05) is 39.8 Å². The van der Waals surface area contributed by atoms with E-state index < -0.39 is 0 Å². The highest BCUT2D eigenvalue weighted by Gasteiger charge is 2.24. The number of likely N-dealkylation sites (N-methyl/N-ethyl adjacent to an activating group) is 1. The van der Waals surface area contributed by atoms with Gasteiger partial charge in [-0.25, -0.2) is 4.68 Å². The molecule has 2 aromatic rings. The van der Waals surface area contributed by atoms with E-state index in [1.165, 1.54) is 0 Å². The zero-order chi connectivity index (χ0) is 16.2. The topological polar surface area (TPSA) is 50.6 Å². The van der Waals surface area contributed by atoms with Gasteiger partial charge in [0, 0.05) is 32.2 Å². The first kappa shape index (κ1) is 15.6. The summed E-state index contributed by atoms with van der Waals surface area (Å²) >= 11 is 0. The molecule has 0 saturated carbocycles. The molecule has 1 saturated heterocycles. The molecule has 1 aliphatic heterocycles. The van der Waals surface area contributed by atoms with E-state index in [1.807, 2.05) is 42.2 Å². The number of nitrogens with zero attached hydrogens (tertiary/aromatic N) is 4. The molecule has 122 valence electrons. The Hall–Kier alpha value is -2.34. The van der Waals surface area contributed by atoms with E-state index in [1.54, 1.807) is 10.7 Å². The van der Waals surface area contributed by atoms with E-state index in [9.17, 15) is 4.79 Å². The Morgan fingerprint density at radius 1 is 1.17 bits per heavy atom. The number of piperazine rings is 1. The van der Waals surface area contributed by atoms with Gasteiger partial charge >= 0.3 is 0 Å². The monoisotopic (exact) mass is 314 g/mol. The van der Waals surface area contributed by atoms with Gasteiger partial charge in [-0.2, -0.15) is 5.10 Å². The first-order valence-corrected chi connectivity index (χ1v) is 7.95. The Balaban J connectivity index is 1.87. The summed E-state index contributed by atoms with van der Waals surface area (Å²) in [5.74, 6) is 0.560. The van der Waals surface area contributed by atoms with E-state index in [2.05, 4.69) is 17.0 Å². The van der Waals surface area contributed by atoms with E-state index >= 15 is 0 Å². The number of rotatable bonds is 4. The average molecular weight is 314 g/mol. The van der Waals surface area contributed by atoms with Gasteiger partial charge < -0.3 is 14.5 Å². The second-order valence-electron chi connectivity index (χ2n) is 5.64. The van der Waals surface area contributed by atoms with Crippen molar-refractivity contribution >= 4 is 5.91 Å².